The van der Waals surface area contributed by atoms with Gasteiger partial charge in [-0.25, -0.2) is 0 Å². The number of ketones is 1. The molecule has 8 atom stereocenters. The third kappa shape index (κ3) is 2.78. The Hall–Kier alpha value is -0.520. The quantitative estimate of drug-likeness (QED) is 0.682. The molecule has 0 spiro atoms. The molecule has 1 N–H and O–H groups in total. The summed E-state index contributed by atoms with van der Waals surface area (Å²) in [6, 6.07) is 0. The van der Waals surface area contributed by atoms with Crippen LogP contribution in [0.5, 0.6) is 0 Å². The molecule has 4 fully saturated rings. The van der Waals surface area contributed by atoms with Gasteiger partial charge in [0.05, 0.1) is 0 Å². The van der Waals surface area contributed by atoms with Crippen LogP contribution in [0.4, 0.5) is 0 Å². The molecule has 0 aromatic carbocycles. The summed E-state index contributed by atoms with van der Waals surface area (Å²) in [7, 11) is 0. The van der Waals surface area contributed by atoms with E-state index in [1.807, 2.05) is 0 Å². The van der Waals surface area contributed by atoms with Crippen molar-refractivity contribution in [1.82, 2.24) is 0 Å². The van der Waals surface area contributed by atoms with Crippen LogP contribution in [0.15, 0.2) is 0 Å². The molecule has 4 aliphatic carbocycles. The van der Waals surface area contributed by atoms with E-state index in [2.05, 4.69) is 18.2 Å². The predicted molar refractivity (Wildman–Crippen MR) is 99.9 cm³/mol. The van der Waals surface area contributed by atoms with Gasteiger partial charge < -0.3 is 5.11 Å². The van der Waals surface area contributed by atoms with Crippen LogP contribution < -0.4 is 0 Å². The second kappa shape index (κ2) is 6.28. The summed E-state index contributed by atoms with van der Waals surface area (Å²) >= 11 is 5.58. The second-order valence-electron chi connectivity index (χ2n) is 9.71. The zero-order valence-electron chi connectivity index (χ0n) is 15.6. The first-order valence-corrected chi connectivity index (χ1v) is 10.6. The van der Waals surface area contributed by atoms with Crippen LogP contribution in [0.1, 0.15) is 71.6 Å². The molecule has 0 radical (unpaired) electrons. The molecule has 0 bridgehead atoms. The highest BCUT2D eigenvalue weighted by atomic mass is 35.5. The second-order valence-corrected chi connectivity index (χ2v) is 9.90. The molecule has 4 saturated carbocycles. The van der Waals surface area contributed by atoms with Crippen molar-refractivity contribution in [2.45, 2.75) is 77.2 Å². The predicted octanol–water partition coefficient (Wildman–Crippen LogP) is 4.78. The number of Topliss-reactive ketones (excluding diaryl/α,β-unsaturated/α-hetero) is 1. The Kier molecular flexibility index (Phi) is 4.49. The summed E-state index contributed by atoms with van der Waals surface area (Å²) in [6.07, 6.45) is 10.0. The summed E-state index contributed by atoms with van der Waals surface area (Å²) in [5.41, 5.74) is -0.606. The van der Waals surface area contributed by atoms with Crippen LogP contribution in [0, 0.1) is 52.2 Å². The minimum absolute atomic E-state index is 0.249. The van der Waals surface area contributed by atoms with Crippen LogP contribution in [0.2, 0.25) is 0 Å². The standard InChI is InChI=1S/C22H31ClO2/c1-14(24)19-5-6-20-18-4-3-15-13-22(25,11-12-23)10-8-16(15)17(18)7-9-21(19,20)2/h15-20,25H,3-10,13H2,1-2H3/t15-,16+,17-,18-,19-,20+,21-,22-/m1/s1. The molecule has 4 aliphatic rings. The van der Waals surface area contributed by atoms with E-state index in [9.17, 15) is 9.90 Å². The van der Waals surface area contributed by atoms with E-state index >= 15 is 0 Å². The van der Waals surface area contributed by atoms with Gasteiger partial charge in [-0.05, 0) is 111 Å². The molecular weight excluding hydrogens is 332 g/mol. The fraction of sp³-hybridized carbons (Fsp3) is 0.864. The van der Waals surface area contributed by atoms with Gasteiger partial charge in [-0.1, -0.05) is 12.8 Å². The zero-order valence-corrected chi connectivity index (χ0v) is 16.3. The highest BCUT2D eigenvalue weighted by molar-refractivity contribution is 6.30. The molecule has 0 aromatic heterocycles. The Bertz CT molecular complexity index is 619. The van der Waals surface area contributed by atoms with Gasteiger partial charge >= 0.3 is 0 Å². The third-order valence-corrected chi connectivity index (χ3v) is 8.88. The van der Waals surface area contributed by atoms with Gasteiger partial charge in [0.1, 0.15) is 11.4 Å². The molecule has 0 unspecified atom stereocenters. The van der Waals surface area contributed by atoms with E-state index in [-0.39, 0.29) is 5.41 Å². The lowest BCUT2D eigenvalue weighted by atomic mass is 9.49. The average Bonchev–Trinajstić information content (AvgIpc) is 2.91. The zero-order chi connectivity index (χ0) is 17.8. The van der Waals surface area contributed by atoms with E-state index < -0.39 is 5.60 Å². The molecule has 3 heteroatoms. The summed E-state index contributed by atoms with van der Waals surface area (Å²) in [5.74, 6) is 7.27. The van der Waals surface area contributed by atoms with Crippen LogP contribution in [0.25, 0.3) is 0 Å². The lowest BCUT2D eigenvalue weighted by Gasteiger charge is -2.56. The highest BCUT2D eigenvalue weighted by Crippen LogP contribution is 2.64. The maximum atomic E-state index is 12.2. The number of aliphatic hydroxyl groups is 1. The van der Waals surface area contributed by atoms with E-state index in [0.29, 0.717) is 17.6 Å². The maximum absolute atomic E-state index is 12.2. The summed E-state index contributed by atoms with van der Waals surface area (Å²) in [5, 5.41) is 13.1. The normalized spacial score (nSPS) is 51.5. The molecule has 0 saturated heterocycles. The van der Waals surface area contributed by atoms with Crippen LogP contribution in [-0.4, -0.2) is 16.5 Å². The fourth-order valence-corrected chi connectivity index (χ4v) is 7.92. The number of carbonyl (C=O) groups excluding carboxylic acids is 1. The Labute approximate surface area is 157 Å². The maximum Gasteiger partial charge on any atom is 0.133 e. The van der Waals surface area contributed by atoms with Gasteiger partial charge in [-0.2, -0.15) is 0 Å². The molecule has 0 aliphatic heterocycles. The van der Waals surface area contributed by atoms with Crippen molar-refractivity contribution in [3.8, 4) is 11.3 Å². The van der Waals surface area contributed by atoms with Gasteiger partial charge in [0.2, 0.25) is 0 Å². The molecule has 2 nitrogen and oxygen atoms in total. The summed E-state index contributed by atoms with van der Waals surface area (Å²) < 4.78 is 0. The molecule has 0 aromatic rings. The molecule has 138 valence electrons. The molecule has 0 amide bonds. The number of rotatable bonds is 1. The van der Waals surface area contributed by atoms with E-state index in [0.717, 1.165) is 49.4 Å². The minimum atomic E-state index is -0.855. The van der Waals surface area contributed by atoms with Gasteiger partial charge in [0.25, 0.3) is 0 Å². The molecule has 25 heavy (non-hydrogen) atoms. The Balaban J connectivity index is 1.53. The summed E-state index contributed by atoms with van der Waals surface area (Å²) in [6.45, 7) is 4.22. The third-order valence-electron chi connectivity index (χ3n) is 8.78. The molecular formula is C22H31ClO2. The number of hydrogen-bond acceptors (Lipinski definition) is 2. The number of halogens is 1. The van der Waals surface area contributed by atoms with Crippen molar-refractivity contribution in [2.75, 3.05) is 0 Å². The van der Waals surface area contributed by atoms with Crippen molar-refractivity contribution in [2.24, 2.45) is 40.9 Å². The monoisotopic (exact) mass is 362 g/mol. The van der Waals surface area contributed by atoms with E-state index in [1.165, 1.54) is 32.1 Å². The van der Waals surface area contributed by atoms with Crippen LogP contribution in [-0.2, 0) is 4.79 Å². The lowest BCUT2D eigenvalue weighted by molar-refractivity contribution is -0.129. The SMILES string of the molecule is CC(=O)[C@H]1CC[C@H]2[C@@H]3CC[C@@H]4C[C@](O)(C#CCl)CC[C@@H]4[C@H]3CC[C@]12C. The lowest BCUT2D eigenvalue weighted by Crippen LogP contribution is -2.51. The van der Waals surface area contributed by atoms with E-state index in [4.69, 9.17) is 11.6 Å². The fourth-order valence-electron chi connectivity index (χ4n) is 7.75. The summed E-state index contributed by atoms with van der Waals surface area (Å²) in [4.78, 5) is 12.2. The molecule has 4 rings (SSSR count). The first-order valence-electron chi connectivity index (χ1n) is 10.2. The largest absolute Gasteiger partial charge is 0.378 e. The van der Waals surface area contributed by atoms with Gasteiger partial charge in [-0.15, -0.1) is 0 Å². The molecule has 0 heterocycles. The average molecular weight is 363 g/mol. The van der Waals surface area contributed by atoms with Crippen molar-refractivity contribution in [3.05, 3.63) is 0 Å². The first kappa shape index (κ1) is 17.9. The first-order chi connectivity index (χ1) is 11.9. The van der Waals surface area contributed by atoms with Crippen LogP contribution >= 0.6 is 11.6 Å². The number of hydrogen-bond donors (Lipinski definition) is 1. The minimum Gasteiger partial charge on any atom is -0.378 e. The smallest absolute Gasteiger partial charge is 0.133 e. The Morgan fingerprint density at radius 3 is 2.52 bits per heavy atom. The van der Waals surface area contributed by atoms with Crippen LogP contribution in [0.3, 0.4) is 0 Å². The van der Waals surface area contributed by atoms with Gasteiger partial charge in [0, 0.05) is 11.3 Å². The van der Waals surface area contributed by atoms with Crippen molar-refractivity contribution < 1.29 is 9.90 Å². The van der Waals surface area contributed by atoms with Gasteiger partial charge in [0.15, 0.2) is 0 Å². The topological polar surface area (TPSA) is 37.3 Å². The van der Waals surface area contributed by atoms with E-state index in [1.54, 1.807) is 6.92 Å². The van der Waals surface area contributed by atoms with Crippen molar-refractivity contribution in [3.63, 3.8) is 0 Å². The number of carbonyl (C=O) groups is 1. The number of fused-ring (bicyclic) bond motifs is 5. The Morgan fingerprint density at radius 2 is 1.80 bits per heavy atom. The van der Waals surface area contributed by atoms with Crippen molar-refractivity contribution >= 4 is 17.4 Å². The van der Waals surface area contributed by atoms with Gasteiger partial charge in [-0.3, -0.25) is 4.79 Å². The Morgan fingerprint density at radius 1 is 1.04 bits per heavy atom. The van der Waals surface area contributed by atoms with Crippen molar-refractivity contribution in [1.29, 1.82) is 0 Å². The highest BCUT2D eigenvalue weighted by Gasteiger charge is 2.58.